The zero-order valence-electron chi connectivity index (χ0n) is 10.3. The fourth-order valence-electron chi connectivity index (χ4n) is 0.480. The van der Waals surface area contributed by atoms with Gasteiger partial charge in [-0.2, -0.15) is 0 Å². The molecule has 0 radical (unpaired) electrons. The minimum Gasteiger partial charge on any atom is -0.478 e. The number of allylic oxidation sites excluding steroid dienone is 1. The molecule has 2 unspecified atom stereocenters. The van der Waals surface area contributed by atoms with Crippen LogP contribution in [-0.2, 0) is 9.53 Å². The molecule has 0 aromatic heterocycles. The van der Waals surface area contributed by atoms with Crippen LogP contribution in [0.2, 0.25) is 0 Å². The van der Waals surface area contributed by atoms with Crippen LogP contribution >= 0.6 is 0 Å². The molecule has 0 amide bonds. The van der Waals surface area contributed by atoms with Crippen LogP contribution in [0, 0.1) is 0 Å². The van der Waals surface area contributed by atoms with E-state index < -0.39 is 12.1 Å². The Hall–Kier alpha value is -0.910. The molecule has 0 aliphatic heterocycles. The maximum Gasteiger partial charge on any atom is 0.330 e. The summed E-state index contributed by atoms with van der Waals surface area (Å²) >= 11 is 0. The van der Waals surface area contributed by atoms with Gasteiger partial charge in [0.25, 0.3) is 0 Å². The van der Waals surface area contributed by atoms with Gasteiger partial charge in [-0.15, -0.1) is 0 Å². The van der Waals surface area contributed by atoms with Gasteiger partial charge in [-0.25, -0.2) is 4.79 Å². The Morgan fingerprint density at radius 1 is 1.44 bits per heavy atom. The van der Waals surface area contributed by atoms with E-state index in [0.29, 0.717) is 12.2 Å². The second kappa shape index (κ2) is 10.6. The molecular formula is C11H22O5. The number of carboxylic acids is 1. The average Bonchev–Trinajstić information content (AvgIpc) is 2.25. The van der Waals surface area contributed by atoms with Gasteiger partial charge in [-0.05, 0) is 27.7 Å². The van der Waals surface area contributed by atoms with Crippen LogP contribution in [0.1, 0.15) is 27.7 Å². The maximum atomic E-state index is 9.86. The average molecular weight is 234 g/mol. The molecule has 3 N–H and O–H groups in total. The Bertz CT molecular complexity index is 210. The molecule has 0 aliphatic rings. The van der Waals surface area contributed by atoms with E-state index in [2.05, 4.69) is 0 Å². The summed E-state index contributed by atoms with van der Waals surface area (Å²) in [5.74, 6) is -0.845. The van der Waals surface area contributed by atoms with E-state index in [1.54, 1.807) is 33.8 Å². The van der Waals surface area contributed by atoms with Gasteiger partial charge in [0.15, 0.2) is 0 Å². The Morgan fingerprint density at radius 3 is 2.12 bits per heavy atom. The number of hydrogen-bond donors (Lipinski definition) is 3. The van der Waals surface area contributed by atoms with Gasteiger partial charge in [0.2, 0.25) is 0 Å². The molecule has 0 saturated carbocycles. The van der Waals surface area contributed by atoms with Gasteiger partial charge >= 0.3 is 5.97 Å². The van der Waals surface area contributed by atoms with Gasteiger partial charge < -0.3 is 20.1 Å². The van der Waals surface area contributed by atoms with Crippen molar-refractivity contribution in [3.63, 3.8) is 0 Å². The molecule has 2 atom stereocenters. The van der Waals surface area contributed by atoms with Crippen molar-refractivity contribution in [2.75, 3.05) is 13.2 Å². The van der Waals surface area contributed by atoms with Crippen molar-refractivity contribution >= 4 is 5.97 Å². The largest absolute Gasteiger partial charge is 0.478 e. The summed E-state index contributed by atoms with van der Waals surface area (Å²) in [4.78, 5) is 9.86. The van der Waals surface area contributed by atoms with E-state index >= 15 is 0 Å². The molecule has 0 aromatic rings. The summed E-state index contributed by atoms with van der Waals surface area (Å²) in [5, 5.41) is 25.2. The summed E-state index contributed by atoms with van der Waals surface area (Å²) in [6.45, 7) is 6.95. The Labute approximate surface area is 96.4 Å². The highest BCUT2D eigenvalue weighted by Crippen LogP contribution is 1.90. The lowest BCUT2D eigenvalue weighted by molar-refractivity contribution is -0.132. The molecular weight excluding hydrogens is 212 g/mol. The first-order valence-corrected chi connectivity index (χ1v) is 5.11. The van der Waals surface area contributed by atoms with Crippen LogP contribution in [0.3, 0.4) is 0 Å². The van der Waals surface area contributed by atoms with Crippen LogP contribution < -0.4 is 0 Å². The van der Waals surface area contributed by atoms with Gasteiger partial charge in [0.05, 0.1) is 25.4 Å². The Morgan fingerprint density at radius 2 is 1.94 bits per heavy atom. The topological polar surface area (TPSA) is 87.0 Å². The quantitative estimate of drug-likeness (QED) is 0.612. The molecule has 0 heterocycles. The van der Waals surface area contributed by atoms with E-state index in [1.165, 1.54) is 0 Å². The van der Waals surface area contributed by atoms with E-state index in [4.69, 9.17) is 20.1 Å². The number of rotatable bonds is 5. The second-order valence-corrected chi connectivity index (χ2v) is 3.45. The third-order valence-corrected chi connectivity index (χ3v) is 1.65. The monoisotopic (exact) mass is 234 g/mol. The van der Waals surface area contributed by atoms with Crippen LogP contribution in [-0.4, -0.2) is 46.7 Å². The number of ether oxygens (including phenoxy) is 1. The zero-order valence-corrected chi connectivity index (χ0v) is 10.3. The van der Waals surface area contributed by atoms with Crippen molar-refractivity contribution in [2.45, 2.75) is 39.9 Å². The van der Waals surface area contributed by atoms with Gasteiger partial charge in [-0.3, -0.25) is 0 Å². The number of hydrogen-bond acceptors (Lipinski definition) is 4. The second-order valence-electron chi connectivity index (χ2n) is 3.45. The number of carboxylic acid groups (broad SMARTS) is 1. The summed E-state index contributed by atoms with van der Waals surface area (Å²) in [6, 6.07) is 0. The van der Waals surface area contributed by atoms with E-state index in [1.807, 2.05) is 0 Å². The van der Waals surface area contributed by atoms with E-state index in [0.717, 1.165) is 0 Å². The summed E-state index contributed by atoms with van der Waals surface area (Å²) < 4.78 is 4.95. The molecule has 0 saturated heterocycles. The summed E-state index contributed by atoms with van der Waals surface area (Å²) in [6.07, 6.45) is 0.945. The molecule has 5 nitrogen and oxygen atoms in total. The normalized spacial score (nSPS) is 14.8. The highest BCUT2D eigenvalue weighted by Gasteiger charge is 2.00. The van der Waals surface area contributed by atoms with Crippen molar-refractivity contribution in [3.05, 3.63) is 11.6 Å². The number of aliphatic hydroxyl groups is 2. The minimum atomic E-state index is -0.845. The first-order chi connectivity index (χ1) is 7.34. The van der Waals surface area contributed by atoms with Crippen molar-refractivity contribution in [3.8, 4) is 0 Å². The van der Waals surface area contributed by atoms with Crippen LogP contribution in [0.4, 0.5) is 0 Å². The van der Waals surface area contributed by atoms with E-state index in [-0.39, 0.29) is 12.7 Å². The third kappa shape index (κ3) is 13.1. The third-order valence-electron chi connectivity index (χ3n) is 1.65. The minimum absolute atomic E-state index is 0.00667. The van der Waals surface area contributed by atoms with Gasteiger partial charge in [0, 0.05) is 5.57 Å². The lowest BCUT2D eigenvalue weighted by Gasteiger charge is -2.10. The first kappa shape index (κ1) is 17.5. The number of aliphatic carboxylic acids is 1. The molecule has 0 spiro atoms. The number of carbonyl (C=O) groups is 1. The number of aliphatic hydroxyl groups excluding tert-OH is 2. The molecule has 96 valence electrons. The predicted molar refractivity (Wildman–Crippen MR) is 61.2 cm³/mol. The summed E-state index contributed by atoms with van der Waals surface area (Å²) in [5.41, 5.74) is 0.389. The highest BCUT2D eigenvalue weighted by molar-refractivity contribution is 5.85. The molecule has 0 aromatic carbocycles. The smallest absolute Gasteiger partial charge is 0.330 e. The molecule has 0 fully saturated rings. The van der Waals surface area contributed by atoms with Crippen LogP contribution in [0.15, 0.2) is 11.6 Å². The zero-order chi connectivity index (χ0) is 13.1. The fraction of sp³-hybridized carbons (Fsp3) is 0.727. The standard InChI is InChI=1S/C6H14O3.C5H8O2/c1-5(8)4-9-6(2)3-7;1-3-4(2)5(6)7/h5-8H,3-4H2,1-2H3;3H,1-2H3,(H,6,7). The van der Waals surface area contributed by atoms with Crippen molar-refractivity contribution in [1.29, 1.82) is 0 Å². The van der Waals surface area contributed by atoms with Crippen LogP contribution in [0.25, 0.3) is 0 Å². The predicted octanol–water partition coefficient (Wildman–Crippen LogP) is 0.802. The fourth-order valence-corrected chi connectivity index (χ4v) is 0.480. The van der Waals surface area contributed by atoms with Crippen molar-refractivity contribution in [1.82, 2.24) is 0 Å². The SMILES string of the molecule is CC(O)COC(C)CO.CC=C(C)C(=O)O. The first-order valence-electron chi connectivity index (χ1n) is 5.11. The maximum absolute atomic E-state index is 9.86. The van der Waals surface area contributed by atoms with E-state index in [9.17, 15) is 4.79 Å². The van der Waals surface area contributed by atoms with Gasteiger partial charge in [0.1, 0.15) is 0 Å². The van der Waals surface area contributed by atoms with Crippen molar-refractivity contribution in [2.24, 2.45) is 0 Å². The van der Waals surface area contributed by atoms with Crippen molar-refractivity contribution < 1.29 is 24.9 Å². The lowest BCUT2D eigenvalue weighted by atomic mass is 10.3. The van der Waals surface area contributed by atoms with Gasteiger partial charge in [-0.1, -0.05) is 6.08 Å². The summed E-state index contributed by atoms with van der Waals surface area (Å²) in [7, 11) is 0. The molecule has 16 heavy (non-hydrogen) atoms. The highest BCUT2D eigenvalue weighted by atomic mass is 16.5. The lowest BCUT2D eigenvalue weighted by Crippen LogP contribution is -2.19. The Kier molecular flexibility index (Phi) is 11.6. The molecule has 5 heteroatoms. The van der Waals surface area contributed by atoms with Crippen LogP contribution in [0.5, 0.6) is 0 Å². The molecule has 0 rings (SSSR count). The molecule has 0 bridgehead atoms. The Balaban J connectivity index is 0. The molecule has 0 aliphatic carbocycles.